The van der Waals surface area contributed by atoms with Crippen molar-refractivity contribution in [3.05, 3.63) is 0 Å². The molecule has 3 N–H and O–H groups in total. The van der Waals surface area contributed by atoms with Crippen molar-refractivity contribution in [1.82, 2.24) is 4.90 Å². The molecule has 4 heteroatoms. The first-order valence-corrected chi connectivity index (χ1v) is 5.67. The molecule has 1 atom stereocenters. The molecule has 4 nitrogen and oxygen atoms in total. The molecule has 0 spiro atoms. The number of piperidine rings is 1. The van der Waals surface area contributed by atoms with Crippen molar-refractivity contribution in [3.8, 4) is 0 Å². The van der Waals surface area contributed by atoms with Crippen LogP contribution in [0.1, 0.15) is 33.1 Å². The van der Waals surface area contributed by atoms with Crippen LogP contribution in [-0.2, 0) is 4.79 Å². The van der Waals surface area contributed by atoms with Crippen LogP contribution in [0.5, 0.6) is 0 Å². The van der Waals surface area contributed by atoms with Crippen LogP contribution in [0.15, 0.2) is 0 Å². The molecule has 0 aliphatic carbocycles. The van der Waals surface area contributed by atoms with Gasteiger partial charge in [-0.2, -0.15) is 0 Å². The fraction of sp³-hybridized carbons (Fsp3) is 0.909. The van der Waals surface area contributed by atoms with Crippen LogP contribution in [0, 0.1) is 5.41 Å². The molecule has 1 saturated heterocycles. The van der Waals surface area contributed by atoms with Gasteiger partial charge in [-0.15, -0.1) is 0 Å². The molecule has 1 heterocycles. The summed E-state index contributed by atoms with van der Waals surface area (Å²) in [5.74, 6) is -0.904. The Morgan fingerprint density at radius 2 is 2.07 bits per heavy atom. The maximum absolute atomic E-state index is 10.6. The number of hydrogen-bond acceptors (Lipinski definition) is 3. The highest BCUT2D eigenvalue weighted by Crippen LogP contribution is 2.33. The number of carboxylic acid groups (broad SMARTS) is 1. The minimum absolute atomic E-state index is 0.448. The normalized spacial score (nSPS) is 23.7. The Kier molecular flexibility index (Phi) is 4.11. The lowest BCUT2D eigenvalue weighted by Gasteiger charge is -2.39. The molecule has 0 radical (unpaired) electrons. The van der Waals surface area contributed by atoms with E-state index in [0.29, 0.717) is 12.0 Å². The van der Waals surface area contributed by atoms with Gasteiger partial charge in [0.05, 0.1) is 0 Å². The largest absolute Gasteiger partial charge is 0.480 e. The zero-order chi connectivity index (χ0) is 11.5. The lowest BCUT2D eigenvalue weighted by Crippen LogP contribution is -2.47. The minimum atomic E-state index is -0.904. The second-order valence-electron chi connectivity index (χ2n) is 4.91. The predicted molar refractivity (Wildman–Crippen MR) is 59.7 cm³/mol. The highest BCUT2D eigenvalue weighted by molar-refractivity contribution is 5.73. The van der Waals surface area contributed by atoms with Crippen LogP contribution in [0.3, 0.4) is 0 Å². The van der Waals surface area contributed by atoms with Gasteiger partial charge in [-0.05, 0) is 31.3 Å². The number of hydrogen-bond donors (Lipinski definition) is 2. The summed E-state index contributed by atoms with van der Waals surface area (Å²) in [6.07, 6.45) is 3.50. The SMILES string of the molecule is CCC1(C)CCN(CC(N)C(=O)O)CC1. The second kappa shape index (κ2) is 4.94. The van der Waals surface area contributed by atoms with Gasteiger partial charge >= 0.3 is 5.97 Å². The van der Waals surface area contributed by atoms with Crippen molar-refractivity contribution in [2.45, 2.75) is 39.2 Å². The van der Waals surface area contributed by atoms with Gasteiger partial charge in [0.2, 0.25) is 0 Å². The summed E-state index contributed by atoms with van der Waals surface area (Å²) in [6, 6.07) is -0.740. The van der Waals surface area contributed by atoms with Gasteiger partial charge in [0, 0.05) is 6.54 Å². The van der Waals surface area contributed by atoms with E-state index >= 15 is 0 Å². The molecule has 1 aliphatic heterocycles. The lowest BCUT2D eigenvalue weighted by molar-refractivity contribution is -0.139. The first-order chi connectivity index (χ1) is 6.97. The van der Waals surface area contributed by atoms with E-state index in [0.717, 1.165) is 25.9 Å². The van der Waals surface area contributed by atoms with Crippen LogP contribution >= 0.6 is 0 Å². The average Bonchev–Trinajstić information content (AvgIpc) is 2.21. The van der Waals surface area contributed by atoms with E-state index in [4.69, 9.17) is 10.8 Å². The van der Waals surface area contributed by atoms with Crippen molar-refractivity contribution in [1.29, 1.82) is 0 Å². The molecule has 88 valence electrons. The first-order valence-electron chi connectivity index (χ1n) is 5.67. The van der Waals surface area contributed by atoms with E-state index in [9.17, 15) is 4.79 Å². The number of carbonyl (C=O) groups is 1. The Labute approximate surface area is 91.4 Å². The van der Waals surface area contributed by atoms with Crippen molar-refractivity contribution >= 4 is 5.97 Å². The minimum Gasteiger partial charge on any atom is -0.480 e. The number of nitrogens with two attached hydrogens (primary N) is 1. The summed E-state index contributed by atoms with van der Waals surface area (Å²) in [5.41, 5.74) is 5.95. The molecule has 0 bridgehead atoms. The van der Waals surface area contributed by atoms with E-state index in [1.165, 1.54) is 6.42 Å². The maximum atomic E-state index is 10.6. The molecule has 15 heavy (non-hydrogen) atoms. The van der Waals surface area contributed by atoms with Crippen molar-refractivity contribution in [2.75, 3.05) is 19.6 Å². The van der Waals surface area contributed by atoms with Gasteiger partial charge in [0.25, 0.3) is 0 Å². The van der Waals surface area contributed by atoms with Crippen LogP contribution < -0.4 is 5.73 Å². The third-order valence-electron chi connectivity index (χ3n) is 3.69. The fourth-order valence-electron chi connectivity index (χ4n) is 1.99. The molecule has 0 saturated carbocycles. The third-order valence-corrected chi connectivity index (χ3v) is 3.69. The van der Waals surface area contributed by atoms with Gasteiger partial charge in [-0.1, -0.05) is 20.3 Å². The van der Waals surface area contributed by atoms with Crippen LogP contribution in [0.4, 0.5) is 0 Å². The maximum Gasteiger partial charge on any atom is 0.321 e. The van der Waals surface area contributed by atoms with Crippen LogP contribution in [0.2, 0.25) is 0 Å². The van der Waals surface area contributed by atoms with Gasteiger partial charge < -0.3 is 15.7 Å². The van der Waals surface area contributed by atoms with Gasteiger partial charge in [-0.3, -0.25) is 4.79 Å². The highest BCUT2D eigenvalue weighted by Gasteiger charge is 2.29. The van der Waals surface area contributed by atoms with E-state index < -0.39 is 12.0 Å². The zero-order valence-electron chi connectivity index (χ0n) is 9.70. The molecule has 0 aromatic carbocycles. The standard InChI is InChI=1S/C11H22N2O2/c1-3-11(2)4-6-13(7-5-11)8-9(12)10(14)15/h9H,3-8,12H2,1-2H3,(H,14,15). The zero-order valence-corrected chi connectivity index (χ0v) is 9.70. The molecule has 1 unspecified atom stereocenters. The molecule has 0 aromatic heterocycles. The monoisotopic (exact) mass is 214 g/mol. The van der Waals surface area contributed by atoms with Crippen LogP contribution in [0.25, 0.3) is 0 Å². The van der Waals surface area contributed by atoms with E-state index in [1.807, 2.05) is 0 Å². The topological polar surface area (TPSA) is 66.6 Å². The van der Waals surface area contributed by atoms with Gasteiger partial charge in [-0.25, -0.2) is 0 Å². The van der Waals surface area contributed by atoms with E-state index in [1.54, 1.807) is 0 Å². The summed E-state index contributed by atoms with van der Waals surface area (Å²) in [7, 11) is 0. The Morgan fingerprint density at radius 3 is 2.47 bits per heavy atom. The average molecular weight is 214 g/mol. The molecular weight excluding hydrogens is 192 g/mol. The smallest absolute Gasteiger partial charge is 0.321 e. The summed E-state index contributed by atoms with van der Waals surface area (Å²) in [6.45, 7) is 6.96. The molecule has 1 aliphatic rings. The Morgan fingerprint density at radius 1 is 1.53 bits per heavy atom. The lowest BCUT2D eigenvalue weighted by atomic mass is 9.78. The van der Waals surface area contributed by atoms with Gasteiger partial charge in [0.15, 0.2) is 0 Å². The molecule has 0 aromatic rings. The van der Waals surface area contributed by atoms with Crippen molar-refractivity contribution in [2.24, 2.45) is 11.1 Å². The number of likely N-dealkylation sites (tertiary alicyclic amines) is 1. The Balaban J connectivity index is 2.35. The summed E-state index contributed by atoms with van der Waals surface area (Å²) in [5, 5.41) is 8.71. The number of rotatable bonds is 4. The molecular formula is C11H22N2O2. The van der Waals surface area contributed by atoms with Crippen molar-refractivity contribution < 1.29 is 9.90 Å². The predicted octanol–water partition coefficient (Wildman–Crippen LogP) is 0.910. The molecule has 1 fully saturated rings. The number of aliphatic carboxylic acids is 1. The summed E-state index contributed by atoms with van der Waals surface area (Å²) >= 11 is 0. The second-order valence-corrected chi connectivity index (χ2v) is 4.91. The molecule has 1 rings (SSSR count). The van der Waals surface area contributed by atoms with Crippen LogP contribution in [-0.4, -0.2) is 41.7 Å². The van der Waals surface area contributed by atoms with E-state index in [-0.39, 0.29) is 0 Å². The summed E-state index contributed by atoms with van der Waals surface area (Å²) < 4.78 is 0. The molecule has 0 amide bonds. The quantitative estimate of drug-likeness (QED) is 0.730. The number of nitrogens with zero attached hydrogens (tertiary/aromatic N) is 1. The van der Waals surface area contributed by atoms with E-state index in [2.05, 4.69) is 18.7 Å². The summed E-state index contributed by atoms with van der Waals surface area (Å²) in [4.78, 5) is 12.8. The highest BCUT2D eigenvalue weighted by atomic mass is 16.4. The van der Waals surface area contributed by atoms with Crippen molar-refractivity contribution in [3.63, 3.8) is 0 Å². The first kappa shape index (κ1) is 12.5. The Hall–Kier alpha value is -0.610. The van der Waals surface area contributed by atoms with Gasteiger partial charge in [0.1, 0.15) is 6.04 Å². The third kappa shape index (κ3) is 3.47. The fourth-order valence-corrected chi connectivity index (χ4v) is 1.99. The number of carboxylic acids is 1. The Bertz CT molecular complexity index is 223.